The third-order valence-corrected chi connectivity index (χ3v) is 6.97. The summed E-state index contributed by atoms with van der Waals surface area (Å²) in [6.45, 7) is -0.0130. The molecule has 4 aromatic rings. The first-order valence-corrected chi connectivity index (χ1v) is 11.9. The molecule has 0 spiro atoms. The molecule has 36 heavy (non-hydrogen) atoms. The van der Waals surface area contributed by atoms with Gasteiger partial charge in [-0.1, -0.05) is 29.5 Å². The quantitative estimate of drug-likeness (QED) is 0.358. The Labute approximate surface area is 206 Å². The molecule has 0 fully saturated rings. The number of nitrogens with zero attached hydrogens (tertiary/aromatic N) is 6. The molecule has 3 heterocycles. The van der Waals surface area contributed by atoms with E-state index in [2.05, 4.69) is 47.9 Å². The number of nitrogens with one attached hydrogen (secondary N) is 2. The second-order valence-electron chi connectivity index (χ2n) is 9.35. The highest BCUT2D eigenvalue weighted by atomic mass is 16.4. The van der Waals surface area contributed by atoms with Crippen LogP contribution in [0.2, 0.25) is 0 Å². The number of carbonyl (C=O) groups excluding carboxylic acids is 1. The standard InChI is InChI=1S/C25H24N8O3/c34-22(16-5-6-20-21(9-16)30-32-29-20)13-33-12-19(23(31-33)24(35)36)17-10-26-25(27-11-17)28-18-7-14-3-1-2-4-15(14)8-18/h1-4,10-12,16,18H,5-9,13H2,(H,35,36)(H,26,27,28)(H,29,30,32). The molecule has 0 aliphatic heterocycles. The number of carboxylic acid groups (broad SMARTS) is 1. The SMILES string of the molecule is O=C(O)c1nn(CC(=O)C2CCc3[nH]nnc3C2)cc1-c1cnc(NC2Cc3ccccc3C2)nc1. The van der Waals surface area contributed by atoms with Crippen LogP contribution < -0.4 is 5.32 Å². The molecule has 0 saturated carbocycles. The summed E-state index contributed by atoms with van der Waals surface area (Å²) in [5.74, 6) is -0.894. The number of aromatic amines is 1. The predicted molar refractivity (Wildman–Crippen MR) is 128 cm³/mol. The van der Waals surface area contributed by atoms with Crippen molar-refractivity contribution in [2.24, 2.45) is 5.92 Å². The van der Waals surface area contributed by atoms with Crippen molar-refractivity contribution in [2.45, 2.75) is 44.7 Å². The van der Waals surface area contributed by atoms with E-state index >= 15 is 0 Å². The number of Topliss-reactive ketones (excluding diaryl/α,β-unsaturated/α-hetero) is 1. The van der Waals surface area contributed by atoms with Gasteiger partial charge in [0.05, 0.1) is 17.9 Å². The number of H-pyrrole nitrogens is 1. The van der Waals surface area contributed by atoms with Crippen LogP contribution in [0, 0.1) is 5.92 Å². The van der Waals surface area contributed by atoms with Gasteiger partial charge in [-0.2, -0.15) is 5.10 Å². The summed E-state index contributed by atoms with van der Waals surface area (Å²) >= 11 is 0. The second-order valence-corrected chi connectivity index (χ2v) is 9.35. The minimum absolute atomic E-state index is 0.0111. The first-order chi connectivity index (χ1) is 17.5. The molecule has 1 aromatic carbocycles. The van der Waals surface area contributed by atoms with Gasteiger partial charge in [0.2, 0.25) is 5.95 Å². The van der Waals surface area contributed by atoms with E-state index in [0.29, 0.717) is 36.3 Å². The van der Waals surface area contributed by atoms with Gasteiger partial charge in [0.15, 0.2) is 11.5 Å². The van der Waals surface area contributed by atoms with Crippen LogP contribution in [0.3, 0.4) is 0 Å². The molecule has 1 atom stereocenters. The molecule has 0 saturated heterocycles. The maximum Gasteiger partial charge on any atom is 0.357 e. The Kier molecular flexibility index (Phi) is 5.51. The Balaban J connectivity index is 1.15. The largest absolute Gasteiger partial charge is 0.476 e. The zero-order chi connectivity index (χ0) is 24.6. The van der Waals surface area contributed by atoms with Crippen LogP contribution in [0.25, 0.3) is 11.1 Å². The van der Waals surface area contributed by atoms with Gasteiger partial charge < -0.3 is 10.4 Å². The third-order valence-electron chi connectivity index (χ3n) is 6.97. The van der Waals surface area contributed by atoms with Crippen molar-refractivity contribution in [3.63, 3.8) is 0 Å². The van der Waals surface area contributed by atoms with Crippen LogP contribution in [0.1, 0.15) is 39.4 Å². The van der Waals surface area contributed by atoms with Gasteiger partial charge in [0.25, 0.3) is 0 Å². The number of rotatable bonds is 7. The van der Waals surface area contributed by atoms with Crippen LogP contribution >= 0.6 is 0 Å². The van der Waals surface area contributed by atoms with Crippen molar-refractivity contribution in [1.82, 2.24) is 35.2 Å². The van der Waals surface area contributed by atoms with E-state index in [4.69, 9.17) is 0 Å². The third kappa shape index (κ3) is 4.23. The van der Waals surface area contributed by atoms with E-state index < -0.39 is 5.97 Å². The molecular weight excluding hydrogens is 460 g/mol. The molecule has 0 radical (unpaired) electrons. The number of ketones is 1. The number of benzene rings is 1. The number of hydrogen-bond donors (Lipinski definition) is 3. The number of carbonyl (C=O) groups is 2. The number of fused-ring (bicyclic) bond motifs is 2. The molecule has 6 rings (SSSR count). The summed E-state index contributed by atoms with van der Waals surface area (Å²) < 4.78 is 1.39. The van der Waals surface area contributed by atoms with E-state index in [1.165, 1.54) is 15.8 Å². The van der Waals surface area contributed by atoms with E-state index in [-0.39, 0.29) is 30.0 Å². The Bertz CT molecular complexity index is 1420. The van der Waals surface area contributed by atoms with Crippen LogP contribution in [0.4, 0.5) is 5.95 Å². The highest BCUT2D eigenvalue weighted by Crippen LogP contribution is 2.27. The zero-order valence-electron chi connectivity index (χ0n) is 19.4. The van der Waals surface area contributed by atoms with Gasteiger partial charge in [0, 0.05) is 48.1 Å². The number of hydrogen-bond acceptors (Lipinski definition) is 8. The van der Waals surface area contributed by atoms with E-state index in [9.17, 15) is 14.7 Å². The lowest BCUT2D eigenvalue weighted by molar-refractivity contribution is -0.124. The fraction of sp³-hybridized carbons (Fsp3) is 0.320. The molecule has 0 amide bonds. The second kappa shape index (κ2) is 8.99. The van der Waals surface area contributed by atoms with Crippen molar-refractivity contribution in [2.75, 3.05) is 5.32 Å². The Hall–Kier alpha value is -4.41. The molecule has 11 nitrogen and oxygen atoms in total. The highest BCUT2D eigenvalue weighted by molar-refractivity contribution is 5.93. The Morgan fingerprint density at radius 1 is 1.11 bits per heavy atom. The molecule has 1 unspecified atom stereocenters. The molecule has 182 valence electrons. The van der Waals surface area contributed by atoms with E-state index in [1.54, 1.807) is 18.6 Å². The van der Waals surface area contributed by atoms with Gasteiger partial charge in [-0.05, 0) is 36.8 Å². The van der Waals surface area contributed by atoms with E-state index in [1.807, 2.05) is 12.1 Å². The summed E-state index contributed by atoms with van der Waals surface area (Å²) in [6, 6.07) is 8.57. The van der Waals surface area contributed by atoms with Crippen molar-refractivity contribution in [3.8, 4) is 11.1 Å². The maximum atomic E-state index is 12.9. The molecule has 0 bridgehead atoms. The lowest BCUT2D eigenvalue weighted by atomic mass is 9.86. The summed E-state index contributed by atoms with van der Waals surface area (Å²) in [4.78, 5) is 33.6. The van der Waals surface area contributed by atoms with Gasteiger partial charge in [-0.15, -0.1) is 5.10 Å². The summed E-state index contributed by atoms with van der Waals surface area (Å²) in [5.41, 5.74) is 5.21. The molecule has 11 heteroatoms. The minimum atomic E-state index is -1.17. The molecule has 3 aromatic heterocycles. The summed E-state index contributed by atoms with van der Waals surface area (Å²) in [6.07, 6.45) is 8.50. The predicted octanol–water partition coefficient (Wildman–Crippen LogP) is 2.11. The highest BCUT2D eigenvalue weighted by Gasteiger charge is 2.28. The van der Waals surface area contributed by atoms with Crippen LogP contribution in [0.5, 0.6) is 0 Å². The topological polar surface area (TPSA) is 152 Å². The lowest BCUT2D eigenvalue weighted by Gasteiger charge is -2.19. The van der Waals surface area contributed by atoms with Crippen molar-refractivity contribution >= 4 is 17.7 Å². The van der Waals surface area contributed by atoms with Gasteiger partial charge in [0.1, 0.15) is 0 Å². The molecule has 3 N–H and O–H groups in total. The first-order valence-electron chi connectivity index (χ1n) is 11.9. The van der Waals surface area contributed by atoms with Crippen molar-refractivity contribution in [3.05, 3.63) is 71.1 Å². The van der Waals surface area contributed by atoms with Gasteiger partial charge in [-0.3, -0.25) is 14.6 Å². The lowest BCUT2D eigenvalue weighted by Crippen LogP contribution is -2.26. The number of anilines is 1. The average Bonchev–Trinajstić information content (AvgIpc) is 3.61. The van der Waals surface area contributed by atoms with Gasteiger partial charge in [-0.25, -0.2) is 14.8 Å². The first kappa shape index (κ1) is 22.1. The van der Waals surface area contributed by atoms with Crippen LogP contribution in [0.15, 0.2) is 42.9 Å². The van der Waals surface area contributed by atoms with Crippen molar-refractivity contribution in [1.29, 1.82) is 0 Å². The number of aromatic nitrogens is 7. The average molecular weight is 485 g/mol. The Morgan fingerprint density at radius 3 is 2.58 bits per heavy atom. The smallest absolute Gasteiger partial charge is 0.357 e. The summed E-state index contributed by atoms with van der Waals surface area (Å²) in [5, 5.41) is 28.0. The zero-order valence-corrected chi connectivity index (χ0v) is 19.4. The molecule has 2 aliphatic rings. The van der Waals surface area contributed by atoms with E-state index in [0.717, 1.165) is 24.2 Å². The van der Waals surface area contributed by atoms with Crippen molar-refractivity contribution < 1.29 is 14.7 Å². The number of carboxylic acids is 1. The molecular formula is C25H24N8O3. The monoisotopic (exact) mass is 484 g/mol. The fourth-order valence-corrected chi connectivity index (χ4v) is 5.11. The number of aromatic carboxylic acids is 1. The minimum Gasteiger partial charge on any atom is -0.476 e. The normalized spacial score (nSPS) is 16.9. The van der Waals surface area contributed by atoms with Gasteiger partial charge >= 0.3 is 5.97 Å². The molecule has 2 aliphatic carbocycles. The Morgan fingerprint density at radius 2 is 1.86 bits per heavy atom. The summed E-state index contributed by atoms with van der Waals surface area (Å²) in [7, 11) is 0. The van der Waals surface area contributed by atoms with Crippen LogP contribution in [-0.2, 0) is 37.0 Å². The maximum absolute atomic E-state index is 12.9. The fourth-order valence-electron chi connectivity index (χ4n) is 5.11. The number of aryl methyl sites for hydroxylation is 1. The van der Waals surface area contributed by atoms with Crippen LogP contribution in [-0.4, -0.2) is 58.1 Å².